The second-order valence-corrected chi connectivity index (χ2v) is 6.24. The van der Waals surface area contributed by atoms with Gasteiger partial charge in [-0.25, -0.2) is 4.98 Å². The van der Waals surface area contributed by atoms with Gasteiger partial charge >= 0.3 is 0 Å². The largest absolute Gasteiger partial charge is 0.319 e. The highest BCUT2D eigenvalue weighted by Gasteiger charge is 2.14. The minimum Gasteiger partial charge on any atom is -0.319 e. The first-order valence-electron chi connectivity index (χ1n) is 7.81. The van der Waals surface area contributed by atoms with Crippen molar-refractivity contribution in [2.24, 2.45) is 0 Å². The van der Waals surface area contributed by atoms with Gasteiger partial charge in [-0.3, -0.25) is 9.59 Å². The Morgan fingerprint density at radius 1 is 1.04 bits per heavy atom. The molecule has 1 aromatic heterocycles. The molecule has 0 spiro atoms. The molecule has 0 saturated heterocycles. The maximum absolute atomic E-state index is 12.8. The monoisotopic (exact) mass is 348 g/mol. The van der Waals surface area contributed by atoms with Crippen molar-refractivity contribution in [2.75, 3.05) is 0 Å². The molecule has 0 unspecified atom stereocenters. The Hall–Kier alpha value is -2.98. The lowest BCUT2D eigenvalue weighted by atomic mass is 9.99. The van der Waals surface area contributed by atoms with Gasteiger partial charge in [0.05, 0.1) is 17.5 Å². The quantitative estimate of drug-likeness (QED) is 0.565. The molecule has 4 nitrogen and oxygen atoms in total. The van der Waals surface area contributed by atoms with Crippen LogP contribution in [0.4, 0.5) is 0 Å². The van der Waals surface area contributed by atoms with E-state index in [9.17, 15) is 9.59 Å². The van der Waals surface area contributed by atoms with Crippen molar-refractivity contribution in [3.63, 3.8) is 0 Å². The van der Waals surface area contributed by atoms with Crippen molar-refractivity contribution in [3.8, 4) is 0 Å². The average molecular weight is 349 g/mol. The van der Waals surface area contributed by atoms with E-state index in [4.69, 9.17) is 11.6 Å². The smallest absolute Gasteiger partial charge is 0.270 e. The summed E-state index contributed by atoms with van der Waals surface area (Å²) >= 11 is 5.93. The summed E-state index contributed by atoms with van der Waals surface area (Å²) in [7, 11) is 0. The number of H-pyrrole nitrogens is 1. The van der Waals surface area contributed by atoms with E-state index in [2.05, 4.69) is 9.97 Å². The summed E-state index contributed by atoms with van der Waals surface area (Å²) in [6.45, 7) is 0. The number of Topliss-reactive ketones (excluding diaryl/α,β-unsaturated/α-hetero) is 1. The maximum Gasteiger partial charge on any atom is 0.270 e. The molecule has 0 radical (unpaired) electrons. The molecule has 3 aromatic carbocycles. The van der Waals surface area contributed by atoms with Gasteiger partial charge in [0.25, 0.3) is 5.56 Å². The van der Waals surface area contributed by atoms with Gasteiger partial charge in [-0.1, -0.05) is 54.1 Å². The molecule has 5 heteroatoms. The third-order valence-electron chi connectivity index (χ3n) is 4.14. The van der Waals surface area contributed by atoms with Crippen molar-refractivity contribution in [1.29, 1.82) is 0 Å². The Kier molecular flexibility index (Phi) is 3.82. The summed E-state index contributed by atoms with van der Waals surface area (Å²) in [6.07, 6.45) is -0.0537. The average Bonchev–Trinajstić information content (AvgIpc) is 2.62. The fourth-order valence-electron chi connectivity index (χ4n) is 2.93. The molecule has 0 atom stereocenters. The van der Waals surface area contributed by atoms with Crippen LogP contribution in [0.2, 0.25) is 5.02 Å². The molecule has 0 fully saturated rings. The van der Waals surface area contributed by atoms with Gasteiger partial charge < -0.3 is 4.98 Å². The summed E-state index contributed by atoms with van der Waals surface area (Å²) in [4.78, 5) is 32.1. The fraction of sp³-hybridized carbons (Fsp3) is 0.0500. The van der Waals surface area contributed by atoms with Crippen LogP contribution < -0.4 is 5.56 Å². The van der Waals surface area contributed by atoms with Crippen molar-refractivity contribution in [3.05, 3.63) is 87.3 Å². The molecule has 0 bridgehead atoms. The molecule has 0 aliphatic rings. The van der Waals surface area contributed by atoms with Gasteiger partial charge in [0, 0.05) is 10.6 Å². The van der Waals surface area contributed by atoms with Crippen LogP contribution in [0.25, 0.3) is 21.8 Å². The first-order chi connectivity index (χ1) is 12.1. The van der Waals surface area contributed by atoms with Crippen LogP contribution in [0.5, 0.6) is 0 Å². The van der Waals surface area contributed by atoms with Gasteiger partial charge in [-0.2, -0.15) is 0 Å². The van der Waals surface area contributed by atoms with Crippen LogP contribution in [0.3, 0.4) is 0 Å². The predicted molar refractivity (Wildman–Crippen MR) is 99.4 cm³/mol. The van der Waals surface area contributed by atoms with Crippen LogP contribution in [-0.2, 0) is 6.42 Å². The van der Waals surface area contributed by atoms with Crippen LogP contribution in [-0.4, -0.2) is 15.8 Å². The van der Waals surface area contributed by atoms with E-state index in [1.807, 2.05) is 36.4 Å². The molecule has 25 heavy (non-hydrogen) atoms. The number of aromatic amines is 1. The zero-order chi connectivity index (χ0) is 17.4. The topological polar surface area (TPSA) is 62.8 Å². The number of nitrogens with zero attached hydrogens (tertiary/aromatic N) is 1. The van der Waals surface area contributed by atoms with E-state index < -0.39 is 0 Å². The van der Waals surface area contributed by atoms with E-state index in [1.54, 1.807) is 24.3 Å². The minimum absolute atomic E-state index is 0.0537. The Bertz CT molecular complexity index is 1180. The molecule has 1 N–H and O–H groups in total. The van der Waals surface area contributed by atoms with Gasteiger partial charge in [0.15, 0.2) is 5.78 Å². The minimum atomic E-state index is -0.372. The third-order valence-corrected chi connectivity index (χ3v) is 4.38. The summed E-state index contributed by atoms with van der Waals surface area (Å²) in [5.74, 6) is -0.136. The zero-order valence-corrected chi connectivity index (χ0v) is 13.9. The number of hydrogen-bond donors (Lipinski definition) is 1. The van der Waals surface area contributed by atoms with E-state index >= 15 is 0 Å². The Labute approximate surface area is 148 Å². The molecule has 0 amide bonds. The van der Waals surface area contributed by atoms with Gasteiger partial charge in [-0.05, 0) is 29.0 Å². The summed E-state index contributed by atoms with van der Waals surface area (Å²) < 4.78 is 0. The van der Waals surface area contributed by atoms with Crippen molar-refractivity contribution in [1.82, 2.24) is 9.97 Å². The van der Waals surface area contributed by atoms with E-state index in [1.165, 1.54) is 0 Å². The standard InChI is InChI=1S/C20H13ClN2O2/c21-13-8-9-16-17(10-13)23-20(25)18(22-16)11-19(24)15-7-3-5-12-4-1-2-6-14(12)15/h1-10H,11H2,(H,23,25). The molecular weight excluding hydrogens is 336 g/mol. The number of nitrogens with one attached hydrogen (secondary N) is 1. The molecule has 0 saturated carbocycles. The summed E-state index contributed by atoms with van der Waals surface area (Å²) in [6, 6.07) is 18.3. The number of halogens is 1. The number of hydrogen-bond acceptors (Lipinski definition) is 3. The normalized spacial score (nSPS) is 11.1. The first kappa shape index (κ1) is 15.5. The summed E-state index contributed by atoms with van der Waals surface area (Å²) in [5, 5.41) is 2.38. The highest BCUT2D eigenvalue weighted by Crippen LogP contribution is 2.20. The van der Waals surface area contributed by atoms with Gasteiger partial charge in [0.1, 0.15) is 5.69 Å². The van der Waals surface area contributed by atoms with Crippen LogP contribution in [0, 0.1) is 0 Å². The number of carbonyl (C=O) groups is 1. The molecule has 1 heterocycles. The number of rotatable bonds is 3. The Balaban J connectivity index is 1.75. The van der Waals surface area contributed by atoms with Crippen LogP contribution >= 0.6 is 11.6 Å². The Morgan fingerprint density at radius 3 is 2.72 bits per heavy atom. The van der Waals surface area contributed by atoms with Crippen LogP contribution in [0.15, 0.2) is 65.5 Å². The number of aromatic nitrogens is 2. The lowest BCUT2D eigenvalue weighted by Crippen LogP contribution is -2.19. The lowest BCUT2D eigenvalue weighted by Gasteiger charge is -2.06. The summed E-state index contributed by atoms with van der Waals surface area (Å²) in [5.41, 5.74) is 1.58. The maximum atomic E-state index is 12.8. The van der Waals surface area contributed by atoms with Crippen LogP contribution in [0.1, 0.15) is 16.1 Å². The van der Waals surface area contributed by atoms with E-state index in [0.717, 1.165) is 10.8 Å². The van der Waals surface area contributed by atoms with Crippen molar-refractivity contribution in [2.45, 2.75) is 6.42 Å². The Morgan fingerprint density at radius 2 is 1.84 bits per heavy atom. The molecule has 0 aliphatic carbocycles. The van der Waals surface area contributed by atoms with Crippen molar-refractivity contribution >= 4 is 39.2 Å². The number of benzene rings is 3. The molecule has 4 aromatic rings. The van der Waals surface area contributed by atoms with E-state index in [-0.39, 0.29) is 23.5 Å². The fourth-order valence-corrected chi connectivity index (χ4v) is 3.10. The van der Waals surface area contributed by atoms with Crippen molar-refractivity contribution < 1.29 is 4.79 Å². The second-order valence-electron chi connectivity index (χ2n) is 5.80. The lowest BCUT2D eigenvalue weighted by molar-refractivity contribution is 0.0993. The first-order valence-corrected chi connectivity index (χ1v) is 8.19. The number of fused-ring (bicyclic) bond motifs is 2. The second kappa shape index (κ2) is 6.15. The molecular formula is C20H13ClN2O2. The molecule has 4 rings (SSSR count). The molecule has 122 valence electrons. The zero-order valence-electron chi connectivity index (χ0n) is 13.1. The SMILES string of the molecule is O=C(Cc1nc2ccc(Cl)cc2[nH]c1=O)c1cccc2ccccc12. The van der Waals surface area contributed by atoms with Gasteiger partial charge in [0.2, 0.25) is 0 Å². The van der Waals surface area contributed by atoms with E-state index in [0.29, 0.717) is 21.6 Å². The molecule has 0 aliphatic heterocycles. The number of carbonyl (C=O) groups excluding carboxylic acids is 1. The highest BCUT2D eigenvalue weighted by atomic mass is 35.5. The van der Waals surface area contributed by atoms with Gasteiger partial charge in [-0.15, -0.1) is 0 Å². The predicted octanol–water partition coefficient (Wildman–Crippen LogP) is 4.16. The highest BCUT2D eigenvalue weighted by molar-refractivity contribution is 6.31. The number of ketones is 1. The third kappa shape index (κ3) is 2.92.